The van der Waals surface area contributed by atoms with Gasteiger partial charge in [0.05, 0.1) is 5.69 Å². The minimum atomic E-state index is 0.0849. The van der Waals surface area contributed by atoms with Crippen LogP contribution in [0.5, 0.6) is 0 Å². The molecule has 0 unspecified atom stereocenters. The van der Waals surface area contributed by atoms with E-state index in [1.807, 2.05) is 6.20 Å². The van der Waals surface area contributed by atoms with E-state index in [2.05, 4.69) is 96.1 Å². The van der Waals surface area contributed by atoms with Crippen LogP contribution in [0.15, 0.2) is 60.8 Å². The number of hydrogen-bond donors (Lipinski definition) is 0. The maximum atomic E-state index is 4.91. The number of nitrogens with zero attached hydrogens (tertiary/aromatic N) is 1. The van der Waals surface area contributed by atoms with Gasteiger partial charge in [-0.1, -0.05) is 82.6 Å². The summed E-state index contributed by atoms with van der Waals surface area (Å²) in [5.74, 6) is 0.635. The molecule has 0 fully saturated rings. The van der Waals surface area contributed by atoms with Gasteiger partial charge in [-0.05, 0) is 75.6 Å². The van der Waals surface area contributed by atoms with Crippen LogP contribution >= 0.6 is 0 Å². The highest BCUT2D eigenvalue weighted by Gasteiger charge is 2.25. The highest BCUT2D eigenvalue weighted by atomic mass is 14.7. The lowest BCUT2D eigenvalue weighted by Gasteiger charge is -2.22. The summed E-state index contributed by atoms with van der Waals surface area (Å²) in [4.78, 5) is 4.91. The van der Waals surface area contributed by atoms with Gasteiger partial charge >= 0.3 is 0 Å². The van der Waals surface area contributed by atoms with E-state index in [0.29, 0.717) is 5.92 Å². The van der Waals surface area contributed by atoms with Crippen LogP contribution in [0.4, 0.5) is 0 Å². The summed E-state index contributed by atoms with van der Waals surface area (Å²) in [6.07, 6.45) is 3.06. The number of aryl methyl sites for hydroxylation is 1. The third-order valence-electron chi connectivity index (χ3n) is 6.47. The molecule has 31 heavy (non-hydrogen) atoms. The first-order valence-corrected chi connectivity index (χ1v) is 11.4. The lowest BCUT2D eigenvalue weighted by molar-refractivity contribution is 0.591. The first-order valence-electron chi connectivity index (χ1n) is 11.4. The second-order valence-electron chi connectivity index (χ2n) is 10.6. The molecule has 1 aliphatic carbocycles. The van der Waals surface area contributed by atoms with Crippen molar-refractivity contribution in [3.63, 3.8) is 0 Å². The summed E-state index contributed by atoms with van der Waals surface area (Å²) >= 11 is 0. The normalized spacial score (nSPS) is 12.6. The average Bonchev–Trinajstić information content (AvgIpc) is 2.81. The molecule has 1 aliphatic rings. The second-order valence-corrected chi connectivity index (χ2v) is 10.6. The van der Waals surface area contributed by atoms with Crippen LogP contribution in [0.2, 0.25) is 0 Å². The van der Waals surface area contributed by atoms with Crippen LogP contribution < -0.4 is 0 Å². The predicted molar refractivity (Wildman–Crippen MR) is 134 cm³/mol. The molecule has 0 radical (unpaired) electrons. The number of pyridine rings is 1. The zero-order valence-corrected chi connectivity index (χ0v) is 19.5. The van der Waals surface area contributed by atoms with Crippen molar-refractivity contribution >= 4 is 10.8 Å². The van der Waals surface area contributed by atoms with E-state index >= 15 is 0 Å². The standard InChI is InChI=1S/C30H31N/c1-18(2)13-20-8-10-23-26(15-20)25-14-19(3)7-9-24(25)29-28-21(11-12-31-29)16-22(17-27(23)28)30(4,5)6/h7-12,14-18H,13H2,1-6H3. The smallest absolute Gasteiger partial charge is 0.0792 e. The Morgan fingerprint density at radius 1 is 0.774 bits per heavy atom. The zero-order valence-electron chi connectivity index (χ0n) is 19.5. The van der Waals surface area contributed by atoms with Crippen LogP contribution in [-0.4, -0.2) is 4.98 Å². The van der Waals surface area contributed by atoms with Gasteiger partial charge in [-0.3, -0.25) is 4.98 Å². The maximum Gasteiger partial charge on any atom is 0.0792 e. The van der Waals surface area contributed by atoms with Gasteiger partial charge in [-0.25, -0.2) is 0 Å². The average molecular weight is 406 g/mol. The number of fused-ring (bicyclic) bond motifs is 5. The molecule has 156 valence electrons. The first-order chi connectivity index (χ1) is 14.7. The van der Waals surface area contributed by atoms with Gasteiger partial charge in [-0.15, -0.1) is 0 Å². The monoisotopic (exact) mass is 405 g/mol. The van der Waals surface area contributed by atoms with Crippen LogP contribution in [0.1, 0.15) is 51.3 Å². The van der Waals surface area contributed by atoms with Crippen molar-refractivity contribution in [3.05, 3.63) is 77.5 Å². The SMILES string of the molecule is Cc1ccc2c(c1)-c1cc(CC(C)C)ccc1-c1cc(C(C)(C)C)cc3ccnc-2c13. The first kappa shape index (κ1) is 20.0. The molecule has 1 heteroatoms. The highest BCUT2D eigenvalue weighted by molar-refractivity contribution is 6.12. The van der Waals surface area contributed by atoms with Gasteiger partial charge in [-0.2, -0.15) is 0 Å². The van der Waals surface area contributed by atoms with E-state index in [4.69, 9.17) is 4.98 Å². The number of aromatic nitrogens is 1. The molecule has 0 N–H and O–H groups in total. The molecular formula is C30H31N. The van der Waals surface area contributed by atoms with Gasteiger partial charge in [0, 0.05) is 17.1 Å². The van der Waals surface area contributed by atoms with Crippen molar-refractivity contribution in [2.75, 3.05) is 0 Å². The van der Waals surface area contributed by atoms with E-state index in [-0.39, 0.29) is 5.41 Å². The molecule has 3 aromatic carbocycles. The van der Waals surface area contributed by atoms with Crippen molar-refractivity contribution in [2.45, 2.75) is 53.4 Å². The Bertz CT molecular complexity index is 1320. The van der Waals surface area contributed by atoms with Gasteiger partial charge in [0.1, 0.15) is 0 Å². The van der Waals surface area contributed by atoms with E-state index in [9.17, 15) is 0 Å². The Labute approximate surface area is 186 Å². The van der Waals surface area contributed by atoms with Gasteiger partial charge in [0.15, 0.2) is 0 Å². The summed E-state index contributed by atoms with van der Waals surface area (Å²) in [6.45, 7) is 13.7. The summed E-state index contributed by atoms with van der Waals surface area (Å²) in [6, 6.07) is 20.9. The second kappa shape index (κ2) is 7.05. The van der Waals surface area contributed by atoms with Crippen LogP contribution in [-0.2, 0) is 11.8 Å². The van der Waals surface area contributed by atoms with Crippen LogP contribution in [0.3, 0.4) is 0 Å². The largest absolute Gasteiger partial charge is 0.256 e. The topological polar surface area (TPSA) is 12.9 Å². The molecular weight excluding hydrogens is 374 g/mol. The molecule has 0 spiro atoms. The summed E-state index contributed by atoms with van der Waals surface area (Å²) in [7, 11) is 0. The Balaban J connectivity index is 1.94. The van der Waals surface area contributed by atoms with E-state index < -0.39 is 0 Å². The number of rotatable bonds is 2. The fourth-order valence-electron chi connectivity index (χ4n) is 4.90. The fraction of sp³-hybridized carbons (Fsp3) is 0.300. The summed E-state index contributed by atoms with van der Waals surface area (Å²) < 4.78 is 0. The highest BCUT2D eigenvalue weighted by Crippen LogP contribution is 2.48. The van der Waals surface area contributed by atoms with Gasteiger partial charge < -0.3 is 0 Å². The lowest BCUT2D eigenvalue weighted by Crippen LogP contribution is -2.11. The Hall–Kier alpha value is -2.93. The Kier molecular flexibility index (Phi) is 4.55. The van der Waals surface area contributed by atoms with Crippen molar-refractivity contribution in [3.8, 4) is 33.5 Å². The molecule has 1 heterocycles. The van der Waals surface area contributed by atoms with E-state index in [1.165, 1.54) is 55.3 Å². The molecule has 4 aromatic rings. The van der Waals surface area contributed by atoms with Crippen LogP contribution in [0, 0.1) is 12.8 Å². The quantitative estimate of drug-likeness (QED) is 0.287. The Morgan fingerprint density at radius 3 is 2.26 bits per heavy atom. The van der Waals surface area contributed by atoms with Gasteiger partial charge in [0.2, 0.25) is 0 Å². The fourth-order valence-corrected chi connectivity index (χ4v) is 4.90. The predicted octanol–water partition coefficient (Wildman–Crippen LogP) is 8.35. The van der Waals surface area contributed by atoms with E-state index in [0.717, 1.165) is 12.1 Å². The molecule has 5 rings (SSSR count). The molecule has 1 aromatic heterocycles. The third-order valence-corrected chi connectivity index (χ3v) is 6.47. The number of hydrogen-bond acceptors (Lipinski definition) is 1. The molecule has 0 amide bonds. The maximum absolute atomic E-state index is 4.91. The van der Waals surface area contributed by atoms with Crippen molar-refractivity contribution < 1.29 is 0 Å². The third kappa shape index (κ3) is 3.37. The zero-order chi connectivity index (χ0) is 21.9. The summed E-state index contributed by atoms with van der Waals surface area (Å²) in [5.41, 5.74) is 11.7. The molecule has 0 bridgehead atoms. The Morgan fingerprint density at radius 2 is 1.52 bits per heavy atom. The molecule has 0 saturated carbocycles. The molecule has 0 aliphatic heterocycles. The van der Waals surface area contributed by atoms with Crippen molar-refractivity contribution in [1.29, 1.82) is 0 Å². The van der Waals surface area contributed by atoms with Crippen molar-refractivity contribution in [1.82, 2.24) is 4.98 Å². The summed E-state index contributed by atoms with van der Waals surface area (Å²) in [5, 5.41) is 2.55. The van der Waals surface area contributed by atoms with Crippen LogP contribution in [0.25, 0.3) is 44.3 Å². The molecule has 1 nitrogen and oxygen atoms in total. The van der Waals surface area contributed by atoms with Gasteiger partial charge in [0.25, 0.3) is 0 Å². The minimum absolute atomic E-state index is 0.0849. The minimum Gasteiger partial charge on any atom is -0.256 e. The molecule has 0 atom stereocenters. The van der Waals surface area contributed by atoms with Crippen molar-refractivity contribution in [2.24, 2.45) is 5.92 Å². The number of benzene rings is 3. The molecule has 0 saturated heterocycles. The van der Waals surface area contributed by atoms with E-state index in [1.54, 1.807) is 0 Å². The lowest BCUT2D eigenvalue weighted by atomic mass is 9.82.